The van der Waals surface area contributed by atoms with Crippen molar-refractivity contribution in [1.82, 2.24) is 14.8 Å². The fourth-order valence-corrected chi connectivity index (χ4v) is 5.77. The molecule has 40 heavy (non-hydrogen) atoms. The summed E-state index contributed by atoms with van der Waals surface area (Å²) in [6.45, 7) is 3.94. The minimum atomic E-state index is -4.38. The number of benzene rings is 2. The number of hydrogen-bond donors (Lipinski definition) is 1. The Kier molecular flexibility index (Phi) is 9.13. The first-order valence-corrected chi connectivity index (χ1v) is 13.2. The van der Waals surface area contributed by atoms with E-state index in [0.29, 0.717) is 5.56 Å². The van der Waals surface area contributed by atoms with Crippen molar-refractivity contribution in [2.24, 2.45) is 0 Å². The summed E-state index contributed by atoms with van der Waals surface area (Å²) in [6.07, 6.45) is 4.36. The zero-order valence-corrected chi connectivity index (χ0v) is 22.5. The van der Waals surface area contributed by atoms with Crippen LogP contribution in [0.3, 0.4) is 0 Å². The van der Waals surface area contributed by atoms with E-state index in [2.05, 4.69) is 10.1 Å². The third kappa shape index (κ3) is 7.17. The van der Waals surface area contributed by atoms with Crippen LogP contribution in [0.5, 0.6) is 0 Å². The van der Waals surface area contributed by atoms with Crippen LogP contribution in [0.4, 0.5) is 22.0 Å². The Balaban J connectivity index is 1.37. The quantitative estimate of drug-likeness (QED) is 0.248. The van der Waals surface area contributed by atoms with Gasteiger partial charge in [-0.15, -0.1) is 11.8 Å². The summed E-state index contributed by atoms with van der Waals surface area (Å²) < 4.78 is 78.5. The van der Waals surface area contributed by atoms with Crippen molar-refractivity contribution in [1.29, 1.82) is 0 Å². The number of aromatic nitrogens is 3. The number of rotatable bonds is 9. The third-order valence-corrected chi connectivity index (χ3v) is 8.02. The Morgan fingerprint density at radius 2 is 1.75 bits per heavy atom. The van der Waals surface area contributed by atoms with E-state index in [1.807, 2.05) is 0 Å². The predicted octanol–water partition coefficient (Wildman–Crippen LogP) is 5.99. The molecular weight excluding hydrogens is 553 g/mol. The van der Waals surface area contributed by atoms with Gasteiger partial charge in [-0.1, -0.05) is 36.4 Å². The van der Waals surface area contributed by atoms with Crippen LogP contribution >= 0.6 is 11.8 Å². The second-order valence-electron chi connectivity index (χ2n) is 9.73. The maximum atomic E-state index is 14.9. The largest absolute Gasteiger partial charge is 0.416 e. The van der Waals surface area contributed by atoms with Crippen LogP contribution < -0.4 is 0 Å². The topological polar surface area (TPSA) is 69.4 Å². The molecule has 0 spiro atoms. The second kappa shape index (κ2) is 12.2. The molecule has 12 heteroatoms. The predicted molar refractivity (Wildman–Crippen MR) is 141 cm³/mol. The van der Waals surface area contributed by atoms with Gasteiger partial charge in [0, 0.05) is 16.4 Å². The highest BCUT2D eigenvalue weighted by Crippen LogP contribution is 2.47. The van der Waals surface area contributed by atoms with Gasteiger partial charge in [0.1, 0.15) is 29.9 Å². The molecule has 1 aliphatic rings. The Hall–Kier alpha value is -3.06. The number of hydrogen-bond acceptors (Lipinski definition) is 6. The molecule has 0 bridgehead atoms. The average Bonchev–Trinajstić information content (AvgIpc) is 3.40. The Bertz CT molecular complexity index is 1320. The van der Waals surface area contributed by atoms with Crippen LogP contribution in [0.25, 0.3) is 6.08 Å². The molecule has 2 heterocycles. The molecule has 214 valence electrons. The highest BCUT2D eigenvalue weighted by molar-refractivity contribution is 8.01. The Morgan fingerprint density at radius 3 is 2.35 bits per heavy atom. The van der Waals surface area contributed by atoms with Gasteiger partial charge in [0.05, 0.1) is 30.6 Å². The van der Waals surface area contributed by atoms with Crippen molar-refractivity contribution < 1.29 is 36.5 Å². The third-order valence-electron chi connectivity index (χ3n) is 6.49. The molecule has 4 rings (SSSR count). The van der Waals surface area contributed by atoms with Crippen molar-refractivity contribution in [2.45, 2.75) is 48.5 Å². The van der Waals surface area contributed by atoms with Crippen LogP contribution in [0.1, 0.15) is 30.5 Å². The lowest BCUT2D eigenvalue weighted by molar-refractivity contribution is -0.146. The van der Waals surface area contributed by atoms with E-state index < -0.39 is 40.0 Å². The SMILES string of the molecule is CC(C)(S[C@H]1CO[C@H](/C=C/C=C/c2ccc(C(F)(F)F)cc2)OC1)C(O)(Cn1cncn1)c1ccc(F)cc1F. The first-order chi connectivity index (χ1) is 18.9. The summed E-state index contributed by atoms with van der Waals surface area (Å²) in [4.78, 5) is 3.89. The summed E-state index contributed by atoms with van der Waals surface area (Å²) in [5.74, 6) is -1.63. The van der Waals surface area contributed by atoms with Gasteiger partial charge >= 0.3 is 6.18 Å². The van der Waals surface area contributed by atoms with E-state index in [-0.39, 0.29) is 30.6 Å². The van der Waals surface area contributed by atoms with E-state index >= 15 is 0 Å². The number of nitrogens with zero attached hydrogens (tertiary/aromatic N) is 3. The van der Waals surface area contributed by atoms with Crippen molar-refractivity contribution >= 4 is 17.8 Å². The average molecular weight is 582 g/mol. The molecule has 1 N–H and O–H groups in total. The summed E-state index contributed by atoms with van der Waals surface area (Å²) in [5, 5.41) is 15.7. The maximum absolute atomic E-state index is 14.9. The zero-order chi connectivity index (χ0) is 29.0. The number of ether oxygens (including phenoxy) is 2. The van der Waals surface area contributed by atoms with Gasteiger partial charge in [-0.05, 0) is 43.7 Å². The molecule has 3 aromatic rings. The molecule has 2 aromatic carbocycles. The summed E-state index contributed by atoms with van der Waals surface area (Å²) in [7, 11) is 0. The standard InChI is InChI=1S/C28H28F5N3O3S/c1-26(2,27(37,16-36-18-34-17-35-36)23-12-11-21(29)13-24(23)30)40-22-14-38-25(39-15-22)6-4-3-5-19-7-9-20(10-8-19)28(31,32)33/h3-13,17-18,22,25,37H,14-16H2,1-2H3/b5-3+,6-4+/t22-,25-,27?. The molecule has 1 unspecified atom stereocenters. The highest BCUT2D eigenvalue weighted by Gasteiger charge is 2.49. The normalized spacial score (nSPS) is 20.3. The van der Waals surface area contributed by atoms with Gasteiger partial charge < -0.3 is 14.6 Å². The smallest absolute Gasteiger partial charge is 0.382 e. The van der Waals surface area contributed by atoms with E-state index in [1.54, 1.807) is 38.2 Å². The Morgan fingerprint density at radius 1 is 1.05 bits per heavy atom. The van der Waals surface area contributed by atoms with E-state index in [4.69, 9.17) is 9.47 Å². The Labute approximate surface area is 232 Å². The summed E-state index contributed by atoms with van der Waals surface area (Å²) >= 11 is 1.35. The van der Waals surface area contributed by atoms with Crippen LogP contribution in [0, 0.1) is 11.6 Å². The molecule has 1 atom stereocenters. The van der Waals surface area contributed by atoms with E-state index in [9.17, 15) is 27.1 Å². The molecule has 1 fully saturated rings. The summed E-state index contributed by atoms with van der Waals surface area (Å²) in [6, 6.07) is 7.87. The zero-order valence-electron chi connectivity index (χ0n) is 21.7. The lowest BCUT2D eigenvalue weighted by Gasteiger charge is -2.45. The van der Waals surface area contributed by atoms with Gasteiger partial charge in [0.25, 0.3) is 0 Å². The van der Waals surface area contributed by atoms with Gasteiger partial charge in [-0.3, -0.25) is 0 Å². The van der Waals surface area contributed by atoms with Gasteiger partial charge in [0.15, 0.2) is 6.29 Å². The first-order valence-electron chi connectivity index (χ1n) is 12.3. The van der Waals surface area contributed by atoms with Crippen LogP contribution in [-0.2, 0) is 27.8 Å². The molecular formula is C28H28F5N3O3S. The van der Waals surface area contributed by atoms with E-state index in [0.717, 1.165) is 24.3 Å². The summed E-state index contributed by atoms with van der Waals surface area (Å²) in [5.41, 5.74) is -1.97. The monoisotopic (exact) mass is 581 g/mol. The molecule has 1 aliphatic heterocycles. The van der Waals surface area contributed by atoms with Crippen LogP contribution in [-0.4, -0.2) is 49.4 Å². The maximum Gasteiger partial charge on any atom is 0.416 e. The van der Waals surface area contributed by atoms with Crippen molar-refractivity contribution in [2.75, 3.05) is 13.2 Å². The van der Waals surface area contributed by atoms with Crippen LogP contribution in [0.2, 0.25) is 0 Å². The fraction of sp³-hybridized carbons (Fsp3) is 0.357. The number of thioether (sulfide) groups is 1. The molecule has 1 saturated heterocycles. The molecule has 0 amide bonds. The molecule has 0 saturated carbocycles. The molecule has 0 radical (unpaired) electrons. The number of allylic oxidation sites excluding steroid dienone is 2. The highest BCUT2D eigenvalue weighted by atomic mass is 32.2. The van der Waals surface area contributed by atoms with Crippen molar-refractivity contribution in [3.8, 4) is 0 Å². The van der Waals surface area contributed by atoms with Gasteiger partial charge in [-0.25, -0.2) is 18.4 Å². The van der Waals surface area contributed by atoms with Crippen molar-refractivity contribution in [3.63, 3.8) is 0 Å². The fourth-order valence-electron chi connectivity index (χ4n) is 4.27. The minimum Gasteiger partial charge on any atom is -0.382 e. The minimum absolute atomic E-state index is 0.0693. The second-order valence-corrected chi connectivity index (χ2v) is 11.6. The number of alkyl halides is 3. The number of halogens is 5. The van der Waals surface area contributed by atoms with Gasteiger partial charge in [0.2, 0.25) is 0 Å². The molecule has 0 aliphatic carbocycles. The van der Waals surface area contributed by atoms with E-state index in [1.165, 1.54) is 47.3 Å². The van der Waals surface area contributed by atoms with Crippen LogP contribution in [0.15, 0.2) is 73.3 Å². The molecule has 6 nitrogen and oxygen atoms in total. The van der Waals surface area contributed by atoms with Gasteiger partial charge in [-0.2, -0.15) is 18.3 Å². The lowest BCUT2D eigenvalue weighted by Crippen LogP contribution is -2.51. The van der Waals surface area contributed by atoms with Crippen molar-refractivity contribution in [3.05, 3.63) is 102 Å². The number of aliphatic hydroxyl groups is 1. The lowest BCUT2D eigenvalue weighted by atomic mass is 9.82. The molecule has 1 aromatic heterocycles. The first kappa shape index (κ1) is 29.9.